The molecule has 3 heteroatoms. The van der Waals surface area contributed by atoms with Gasteiger partial charge in [0.25, 0.3) is 0 Å². The summed E-state index contributed by atoms with van der Waals surface area (Å²) in [6.45, 7) is 7.08. The first kappa shape index (κ1) is 21.4. The van der Waals surface area contributed by atoms with Crippen LogP contribution in [0.15, 0.2) is 30.3 Å². The largest absolute Gasteiger partial charge is 0.344 e. The molecule has 114 valence electrons. The molecule has 0 aliphatic carbocycles. The van der Waals surface area contributed by atoms with Crippen molar-refractivity contribution >= 4 is 24.2 Å². The van der Waals surface area contributed by atoms with Crippen LogP contribution in [-0.4, -0.2) is 18.5 Å². The molecule has 0 unspecified atom stereocenters. The summed E-state index contributed by atoms with van der Waals surface area (Å²) < 4.78 is 0. The minimum Gasteiger partial charge on any atom is -0.344 e. The summed E-state index contributed by atoms with van der Waals surface area (Å²) in [5.41, 5.74) is 1.58. The molecule has 0 aromatic heterocycles. The molecule has 0 atom stereocenters. The molecule has 0 amide bonds. The predicted molar refractivity (Wildman–Crippen MR) is 99.3 cm³/mol. The van der Waals surface area contributed by atoms with Gasteiger partial charge in [0.1, 0.15) is 0 Å². The SMILES string of the molecule is Br.CCC[PH](CCC)(CCC)Cc1ccccc1.N. The van der Waals surface area contributed by atoms with Crippen LogP contribution < -0.4 is 6.15 Å². The Balaban J connectivity index is 0. The van der Waals surface area contributed by atoms with Crippen LogP contribution in [0.1, 0.15) is 45.6 Å². The summed E-state index contributed by atoms with van der Waals surface area (Å²) in [7, 11) is -1.04. The quantitative estimate of drug-likeness (QED) is 0.582. The molecule has 3 N–H and O–H groups in total. The third-order valence-electron chi connectivity index (χ3n) is 3.76. The van der Waals surface area contributed by atoms with Gasteiger partial charge in [-0.3, -0.25) is 0 Å². The Hall–Kier alpha value is 0.0900. The van der Waals surface area contributed by atoms with Gasteiger partial charge in [0.15, 0.2) is 0 Å². The molecule has 0 bridgehead atoms. The summed E-state index contributed by atoms with van der Waals surface area (Å²) >= 11 is 0. The van der Waals surface area contributed by atoms with Gasteiger partial charge < -0.3 is 6.15 Å². The molecule has 0 saturated carbocycles. The monoisotopic (exact) mass is 349 g/mol. The molecular formula is C16H33BrNP. The fraction of sp³-hybridized carbons (Fsp3) is 0.625. The summed E-state index contributed by atoms with van der Waals surface area (Å²) in [6.07, 6.45) is 10.1. The Morgan fingerprint density at radius 1 is 0.789 bits per heavy atom. The minimum atomic E-state index is -1.04. The first-order chi connectivity index (χ1) is 8.26. The van der Waals surface area contributed by atoms with Crippen molar-refractivity contribution in [3.63, 3.8) is 0 Å². The maximum atomic E-state index is 2.36. The third-order valence-corrected chi connectivity index (χ3v) is 9.60. The number of rotatable bonds is 8. The van der Waals surface area contributed by atoms with Crippen LogP contribution in [0, 0.1) is 0 Å². The fourth-order valence-electron chi connectivity index (χ4n) is 3.26. The van der Waals surface area contributed by atoms with Crippen LogP contribution in [0.2, 0.25) is 0 Å². The molecular weight excluding hydrogens is 317 g/mol. The van der Waals surface area contributed by atoms with Crippen LogP contribution in [0.3, 0.4) is 0 Å². The van der Waals surface area contributed by atoms with Gasteiger partial charge in [-0.05, 0) is 0 Å². The average molecular weight is 350 g/mol. The van der Waals surface area contributed by atoms with Gasteiger partial charge in [-0.25, -0.2) is 0 Å². The van der Waals surface area contributed by atoms with E-state index in [1.54, 1.807) is 5.56 Å². The Morgan fingerprint density at radius 2 is 1.21 bits per heavy atom. The van der Waals surface area contributed by atoms with Crippen molar-refractivity contribution in [1.82, 2.24) is 6.15 Å². The molecule has 0 aliphatic rings. The first-order valence-electron chi connectivity index (χ1n) is 7.30. The normalized spacial score (nSPS) is 11.3. The van der Waals surface area contributed by atoms with Crippen molar-refractivity contribution in [2.24, 2.45) is 0 Å². The van der Waals surface area contributed by atoms with Crippen LogP contribution in [-0.2, 0) is 6.16 Å². The molecule has 1 aromatic carbocycles. The summed E-state index contributed by atoms with van der Waals surface area (Å²) in [4.78, 5) is 0. The Labute approximate surface area is 131 Å². The van der Waals surface area contributed by atoms with E-state index in [9.17, 15) is 0 Å². The number of benzene rings is 1. The summed E-state index contributed by atoms with van der Waals surface area (Å²) in [5.74, 6) is 0. The molecule has 0 radical (unpaired) electrons. The second-order valence-corrected chi connectivity index (χ2v) is 10.3. The van der Waals surface area contributed by atoms with Gasteiger partial charge in [0, 0.05) is 0 Å². The van der Waals surface area contributed by atoms with Crippen LogP contribution in [0.5, 0.6) is 0 Å². The minimum absolute atomic E-state index is 0. The molecule has 1 rings (SSSR count). The average Bonchev–Trinajstić information content (AvgIpc) is 2.31. The zero-order valence-corrected chi connectivity index (χ0v) is 15.7. The van der Waals surface area contributed by atoms with E-state index in [0.29, 0.717) is 0 Å². The summed E-state index contributed by atoms with van der Waals surface area (Å²) in [6, 6.07) is 11.2. The van der Waals surface area contributed by atoms with Crippen molar-refractivity contribution in [2.45, 2.75) is 46.2 Å². The Bertz CT molecular complexity index is 286. The van der Waals surface area contributed by atoms with E-state index < -0.39 is 7.26 Å². The maximum absolute atomic E-state index is 2.36. The summed E-state index contributed by atoms with van der Waals surface area (Å²) in [5, 5.41) is 0. The molecule has 0 fully saturated rings. The zero-order valence-electron chi connectivity index (χ0n) is 13.0. The molecule has 0 heterocycles. The molecule has 1 nitrogen and oxygen atoms in total. The van der Waals surface area contributed by atoms with E-state index >= 15 is 0 Å². The van der Waals surface area contributed by atoms with E-state index in [1.165, 1.54) is 43.9 Å². The van der Waals surface area contributed by atoms with Crippen molar-refractivity contribution in [1.29, 1.82) is 0 Å². The van der Waals surface area contributed by atoms with E-state index in [1.807, 2.05) is 0 Å². The first-order valence-corrected chi connectivity index (χ1v) is 10.1. The standard InChI is InChI=1S/C16H29P.BrH.H3N/c1-4-12-17(13-5-2,14-6-3)15-16-10-8-7-9-11-16;;/h7-11,17H,4-6,12-15H2,1-3H3;1H;1H3. The van der Waals surface area contributed by atoms with Gasteiger partial charge in [-0.2, -0.15) is 0 Å². The second-order valence-electron chi connectivity index (χ2n) is 5.41. The van der Waals surface area contributed by atoms with Gasteiger partial charge in [-0.1, -0.05) is 0 Å². The van der Waals surface area contributed by atoms with Crippen molar-refractivity contribution in [3.8, 4) is 0 Å². The second kappa shape index (κ2) is 11.9. The molecule has 0 spiro atoms. The molecule has 0 saturated heterocycles. The molecule has 0 aliphatic heterocycles. The topological polar surface area (TPSA) is 35.0 Å². The molecule has 1 aromatic rings. The van der Waals surface area contributed by atoms with Crippen molar-refractivity contribution in [3.05, 3.63) is 35.9 Å². The third kappa shape index (κ3) is 7.44. The van der Waals surface area contributed by atoms with Crippen molar-refractivity contribution in [2.75, 3.05) is 18.5 Å². The number of hydrogen-bond acceptors (Lipinski definition) is 1. The smallest absolute Gasteiger partial charge is 0.344 e. The van der Waals surface area contributed by atoms with Crippen LogP contribution in [0.4, 0.5) is 0 Å². The van der Waals surface area contributed by atoms with Crippen LogP contribution in [0.25, 0.3) is 0 Å². The Morgan fingerprint density at radius 3 is 1.58 bits per heavy atom. The van der Waals surface area contributed by atoms with E-state index in [2.05, 4.69) is 51.1 Å². The van der Waals surface area contributed by atoms with Gasteiger partial charge in [0.2, 0.25) is 0 Å². The van der Waals surface area contributed by atoms with E-state index in [-0.39, 0.29) is 23.1 Å². The molecule has 19 heavy (non-hydrogen) atoms. The van der Waals surface area contributed by atoms with Crippen molar-refractivity contribution < 1.29 is 0 Å². The van der Waals surface area contributed by atoms with E-state index in [4.69, 9.17) is 0 Å². The number of halogens is 1. The fourth-order valence-corrected chi connectivity index (χ4v) is 8.82. The zero-order chi connectivity index (χ0) is 12.6. The Kier molecular flexibility index (Phi) is 13.4. The van der Waals surface area contributed by atoms with Gasteiger partial charge >= 0.3 is 108 Å². The van der Waals surface area contributed by atoms with Gasteiger partial charge in [-0.15, -0.1) is 17.0 Å². The number of hydrogen-bond donors (Lipinski definition) is 1. The predicted octanol–water partition coefficient (Wildman–Crippen LogP) is 5.91. The van der Waals surface area contributed by atoms with Crippen LogP contribution >= 0.6 is 24.2 Å². The van der Waals surface area contributed by atoms with Gasteiger partial charge in [0.05, 0.1) is 0 Å². The maximum Gasteiger partial charge on any atom is -0.344 e. The van der Waals surface area contributed by atoms with E-state index in [0.717, 1.165) is 0 Å².